The Morgan fingerprint density at radius 3 is 2.48 bits per heavy atom. The number of aliphatic hydroxyl groups excluding tert-OH is 1. The highest BCUT2D eigenvalue weighted by molar-refractivity contribution is 5.81. The van der Waals surface area contributed by atoms with Gasteiger partial charge in [0.25, 0.3) is 0 Å². The first kappa shape index (κ1) is 24.0. The number of unbranched alkanes of at least 4 members (excludes halogenated alkanes) is 1. The van der Waals surface area contributed by atoms with Crippen LogP contribution in [-0.2, 0) is 9.53 Å². The van der Waals surface area contributed by atoms with Crippen LogP contribution in [0.25, 0.3) is 0 Å². The van der Waals surface area contributed by atoms with Crippen molar-refractivity contribution < 1.29 is 28.5 Å². The van der Waals surface area contributed by atoms with Crippen molar-refractivity contribution in [1.29, 1.82) is 5.26 Å². The topological polar surface area (TPSA) is 101 Å². The molecule has 0 aromatic heterocycles. The molecule has 0 fully saturated rings. The molecule has 0 aliphatic heterocycles. The van der Waals surface area contributed by atoms with E-state index in [2.05, 4.69) is 5.32 Å². The highest BCUT2D eigenvalue weighted by Gasteiger charge is 2.27. The third-order valence-electron chi connectivity index (χ3n) is 4.33. The van der Waals surface area contributed by atoms with Crippen molar-refractivity contribution >= 4 is 11.7 Å². The van der Waals surface area contributed by atoms with Crippen LogP contribution in [0.4, 0.5) is 10.1 Å². The monoisotopic (exact) mass is 430 g/mol. The van der Waals surface area contributed by atoms with E-state index >= 15 is 4.39 Å². The summed E-state index contributed by atoms with van der Waals surface area (Å²) in [6, 6.07) is 9.85. The number of benzene rings is 2. The summed E-state index contributed by atoms with van der Waals surface area (Å²) in [6.45, 7) is 4.00. The average molecular weight is 430 g/mol. The molecule has 0 bridgehead atoms. The third kappa shape index (κ3) is 6.86. The normalized spacial score (nSPS) is 11.3. The van der Waals surface area contributed by atoms with E-state index in [0.717, 1.165) is 12.5 Å². The fourth-order valence-corrected chi connectivity index (χ4v) is 2.78. The molecule has 8 heteroatoms. The number of carbonyl (C=O) groups excluding carboxylic acids is 1. The molecule has 1 unspecified atom stereocenters. The Morgan fingerprint density at radius 1 is 1.16 bits per heavy atom. The van der Waals surface area contributed by atoms with Gasteiger partial charge in [0.05, 0.1) is 31.5 Å². The Balaban J connectivity index is 2.41. The van der Waals surface area contributed by atoms with Crippen LogP contribution < -0.4 is 14.8 Å². The maximum absolute atomic E-state index is 15.0. The van der Waals surface area contributed by atoms with Gasteiger partial charge in [-0.05, 0) is 43.7 Å². The molecule has 0 radical (unpaired) electrons. The van der Waals surface area contributed by atoms with Gasteiger partial charge in [-0.2, -0.15) is 5.26 Å². The van der Waals surface area contributed by atoms with Crippen molar-refractivity contribution in [2.45, 2.75) is 32.7 Å². The summed E-state index contributed by atoms with van der Waals surface area (Å²) in [4.78, 5) is 12.8. The van der Waals surface area contributed by atoms with E-state index in [0.29, 0.717) is 24.3 Å². The second-order valence-electron chi connectivity index (χ2n) is 6.61. The first-order valence-electron chi connectivity index (χ1n) is 10.2. The SMILES string of the molecule is CCCCOC(=O)C(Nc1ccc(C#N)cc1)c1cc(OCC)c(OCCO)cc1F. The van der Waals surface area contributed by atoms with Gasteiger partial charge in [0.1, 0.15) is 12.4 Å². The highest BCUT2D eigenvalue weighted by atomic mass is 19.1. The zero-order valence-electron chi connectivity index (χ0n) is 17.7. The summed E-state index contributed by atoms with van der Waals surface area (Å²) in [5.74, 6) is -0.938. The number of ether oxygens (including phenoxy) is 3. The summed E-state index contributed by atoms with van der Waals surface area (Å²) >= 11 is 0. The molecule has 0 aliphatic rings. The van der Waals surface area contributed by atoms with Crippen LogP contribution in [-0.4, -0.2) is 37.5 Å². The number of nitriles is 1. The second kappa shape index (κ2) is 12.4. The number of rotatable bonds is 12. The summed E-state index contributed by atoms with van der Waals surface area (Å²) < 4.78 is 31.3. The van der Waals surface area contributed by atoms with Crippen molar-refractivity contribution in [1.82, 2.24) is 0 Å². The van der Waals surface area contributed by atoms with Gasteiger partial charge in [0.2, 0.25) is 0 Å². The molecule has 0 heterocycles. The zero-order chi connectivity index (χ0) is 22.6. The van der Waals surface area contributed by atoms with Crippen molar-refractivity contribution in [3.63, 3.8) is 0 Å². The first-order chi connectivity index (χ1) is 15.0. The number of hydrogen-bond acceptors (Lipinski definition) is 7. The molecule has 0 amide bonds. The fourth-order valence-electron chi connectivity index (χ4n) is 2.78. The number of hydrogen-bond donors (Lipinski definition) is 2. The quantitative estimate of drug-likeness (QED) is 0.388. The van der Waals surface area contributed by atoms with Crippen LogP contribution in [0.2, 0.25) is 0 Å². The maximum Gasteiger partial charge on any atom is 0.333 e. The lowest BCUT2D eigenvalue weighted by Gasteiger charge is -2.21. The smallest absolute Gasteiger partial charge is 0.333 e. The minimum absolute atomic E-state index is 0.0230. The predicted octanol–water partition coefficient (Wildman–Crippen LogP) is 3.96. The lowest BCUT2D eigenvalue weighted by molar-refractivity contribution is -0.144. The molecule has 0 saturated carbocycles. The molecule has 0 aliphatic carbocycles. The number of halogens is 1. The molecule has 2 aromatic carbocycles. The van der Waals surface area contributed by atoms with E-state index in [1.165, 1.54) is 6.07 Å². The highest BCUT2D eigenvalue weighted by Crippen LogP contribution is 2.35. The molecule has 1 atom stereocenters. The number of esters is 1. The van der Waals surface area contributed by atoms with Gasteiger partial charge in [0.15, 0.2) is 17.5 Å². The minimum Gasteiger partial charge on any atom is -0.490 e. The van der Waals surface area contributed by atoms with Crippen LogP contribution in [0.3, 0.4) is 0 Å². The first-order valence-corrected chi connectivity index (χ1v) is 10.2. The predicted molar refractivity (Wildman–Crippen MR) is 114 cm³/mol. The van der Waals surface area contributed by atoms with Crippen LogP contribution in [0, 0.1) is 17.1 Å². The van der Waals surface area contributed by atoms with E-state index < -0.39 is 17.8 Å². The van der Waals surface area contributed by atoms with E-state index in [-0.39, 0.29) is 36.9 Å². The van der Waals surface area contributed by atoms with Crippen LogP contribution >= 0.6 is 0 Å². The second-order valence-corrected chi connectivity index (χ2v) is 6.61. The van der Waals surface area contributed by atoms with Gasteiger partial charge in [-0.25, -0.2) is 9.18 Å². The van der Waals surface area contributed by atoms with Crippen LogP contribution in [0.15, 0.2) is 36.4 Å². The molecule has 31 heavy (non-hydrogen) atoms. The fraction of sp³-hybridized carbons (Fsp3) is 0.391. The summed E-state index contributed by atoms with van der Waals surface area (Å²) in [5.41, 5.74) is 1.02. The number of nitrogens with one attached hydrogen (secondary N) is 1. The van der Waals surface area contributed by atoms with Crippen molar-refractivity contribution in [3.8, 4) is 17.6 Å². The molecular weight excluding hydrogens is 403 g/mol. The van der Waals surface area contributed by atoms with Crippen molar-refractivity contribution in [2.75, 3.05) is 31.7 Å². The molecule has 2 aromatic rings. The Kier molecular flexibility index (Phi) is 9.59. The van der Waals surface area contributed by atoms with Gasteiger partial charge in [-0.3, -0.25) is 0 Å². The van der Waals surface area contributed by atoms with Gasteiger partial charge >= 0.3 is 5.97 Å². The molecule has 166 valence electrons. The molecule has 0 spiro atoms. The largest absolute Gasteiger partial charge is 0.490 e. The lowest BCUT2D eigenvalue weighted by atomic mass is 10.0. The van der Waals surface area contributed by atoms with Gasteiger partial charge in [-0.1, -0.05) is 13.3 Å². The molecule has 0 saturated heterocycles. The summed E-state index contributed by atoms with van der Waals surface area (Å²) in [5, 5.41) is 20.9. The molecular formula is C23H27FN2O5. The standard InChI is InChI=1S/C23H27FN2O5/c1-3-5-11-31-23(28)22(26-17-8-6-16(15-25)7-9-17)18-13-20(29-4-2)21(14-19(18)24)30-12-10-27/h6-9,13-14,22,26-27H,3-5,10-12H2,1-2H3. The van der Waals surface area contributed by atoms with Crippen LogP contribution in [0.5, 0.6) is 11.5 Å². The Bertz CT molecular complexity index is 896. The van der Waals surface area contributed by atoms with E-state index in [1.807, 2.05) is 13.0 Å². The summed E-state index contributed by atoms with van der Waals surface area (Å²) in [6.07, 6.45) is 1.54. The van der Waals surface area contributed by atoms with Gasteiger partial charge < -0.3 is 24.6 Å². The third-order valence-corrected chi connectivity index (χ3v) is 4.33. The minimum atomic E-state index is -1.14. The van der Waals surface area contributed by atoms with E-state index in [4.69, 9.17) is 24.6 Å². The Morgan fingerprint density at radius 2 is 1.87 bits per heavy atom. The van der Waals surface area contributed by atoms with E-state index in [1.54, 1.807) is 31.2 Å². The maximum atomic E-state index is 15.0. The zero-order valence-corrected chi connectivity index (χ0v) is 17.7. The van der Waals surface area contributed by atoms with Gasteiger partial charge in [0, 0.05) is 17.3 Å². The van der Waals surface area contributed by atoms with Crippen molar-refractivity contribution in [2.24, 2.45) is 0 Å². The molecule has 2 N–H and O–H groups in total. The number of aliphatic hydroxyl groups is 1. The van der Waals surface area contributed by atoms with Gasteiger partial charge in [-0.15, -0.1) is 0 Å². The summed E-state index contributed by atoms with van der Waals surface area (Å²) in [7, 11) is 0. The molecule has 7 nitrogen and oxygen atoms in total. The number of anilines is 1. The lowest BCUT2D eigenvalue weighted by Crippen LogP contribution is -2.25. The molecule has 2 rings (SSSR count). The van der Waals surface area contributed by atoms with Crippen molar-refractivity contribution in [3.05, 3.63) is 53.3 Å². The number of carbonyl (C=O) groups is 1. The average Bonchev–Trinajstić information content (AvgIpc) is 2.78. The van der Waals surface area contributed by atoms with E-state index in [9.17, 15) is 4.79 Å². The Labute approximate surface area is 181 Å². The van der Waals surface area contributed by atoms with Crippen LogP contribution in [0.1, 0.15) is 43.9 Å². The Hall–Kier alpha value is -3.31. The number of nitrogens with zero attached hydrogens (tertiary/aromatic N) is 1.